The van der Waals surface area contributed by atoms with Gasteiger partial charge in [-0.25, -0.2) is 13.1 Å². The van der Waals surface area contributed by atoms with Crippen LogP contribution in [0.5, 0.6) is 0 Å². The largest absolute Gasteiger partial charge is 0.389 e. The Bertz CT molecular complexity index is 616. The Morgan fingerprint density at radius 2 is 2.24 bits per heavy atom. The van der Waals surface area contributed by atoms with Crippen molar-refractivity contribution in [2.75, 3.05) is 5.75 Å². The zero-order valence-electron chi connectivity index (χ0n) is 11.9. The van der Waals surface area contributed by atoms with Gasteiger partial charge in [0, 0.05) is 16.9 Å². The van der Waals surface area contributed by atoms with Gasteiger partial charge in [-0.3, -0.25) is 0 Å². The fourth-order valence-corrected chi connectivity index (χ4v) is 5.33. The second kappa shape index (κ2) is 7.09. The third-order valence-electron chi connectivity index (χ3n) is 3.57. The van der Waals surface area contributed by atoms with Crippen LogP contribution in [0.2, 0.25) is 0 Å². The monoisotopic (exact) mass is 344 g/mol. The van der Waals surface area contributed by atoms with Gasteiger partial charge in [-0.05, 0) is 30.7 Å². The summed E-state index contributed by atoms with van der Waals surface area (Å²) in [5, 5.41) is 0.364. The zero-order valence-corrected chi connectivity index (χ0v) is 14.4. The number of nitrogens with one attached hydrogen (secondary N) is 1. The van der Waals surface area contributed by atoms with Crippen molar-refractivity contribution in [3.05, 3.63) is 29.8 Å². The van der Waals surface area contributed by atoms with Gasteiger partial charge in [-0.15, -0.1) is 0 Å². The maximum Gasteiger partial charge on any atom is 0.240 e. The number of thioether (sulfide) groups is 1. The van der Waals surface area contributed by atoms with Crippen LogP contribution in [0.25, 0.3) is 0 Å². The molecule has 0 radical (unpaired) electrons. The standard InChI is InChI=1S/C14H20N2O2S3/c1-2-20-13-8-4-7-12(13)16-21(17,18)11-6-3-5-10(9-11)14(15)19/h3,5-6,9,12-13,16H,2,4,7-8H2,1H3,(H2,15,19). The molecular weight excluding hydrogens is 324 g/mol. The summed E-state index contributed by atoms with van der Waals surface area (Å²) in [6.07, 6.45) is 3.03. The lowest BCUT2D eigenvalue weighted by Crippen LogP contribution is -2.38. The second-order valence-electron chi connectivity index (χ2n) is 5.04. The molecule has 0 aliphatic heterocycles. The van der Waals surface area contributed by atoms with Crippen LogP contribution in [0, 0.1) is 0 Å². The molecule has 21 heavy (non-hydrogen) atoms. The second-order valence-corrected chi connectivity index (χ2v) is 8.71. The van der Waals surface area contributed by atoms with Gasteiger partial charge in [0.15, 0.2) is 0 Å². The molecule has 0 saturated heterocycles. The van der Waals surface area contributed by atoms with E-state index in [1.165, 1.54) is 6.07 Å². The van der Waals surface area contributed by atoms with E-state index in [0.717, 1.165) is 25.0 Å². The van der Waals surface area contributed by atoms with Gasteiger partial charge in [-0.1, -0.05) is 37.7 Å². The Labute approximate surface area is 135 Å². The molecule has 2 unspecified atom stereocenters. The number of hydrogen-bond donors (Lipinski definition) is 2. The summed E-state index contributed by atoms with van der Waals surface area (Å²) in [5.74, 6) is 1.000. The molecule has 1 saturated carbocycles. The fraction of sp³-hybridized carbons (Fsp3) is 0.500. The molecule has 0 aromatic heterocycles. The van der Waals surface area contributed by atoms with Crippen LogP contribution >= 0.6 is 24.0 Å². The highest BCUT2D eigenvalue weighted by Gasteiger charge is 2.31. The van der Waals surface area contributed by atoms with Gasteiger partial charge in [-0.2, -0.15) is 11.8 Å². The average Bonchev–Trinajstić information content (AvgIpc) is 2.86. The molecule has 4 nitrogen and oxygen atoms in total. The van der Waals surface area contributed by atoms with Crippen LogP contribution in [0.15, 0.2) is 29.2 Å². The van der Waals surface area contributed by atoms with Gasteiger partial charge in [0.1, 0.15) is 4.99 Å². The Morgan fingerprint density at radius 1 is 1.48 bits per heavy atom. The first kappa shape index (κ1) is 16.7. The number of sulfonamides is 1. The zero-order chi connectivity index (χ0) is 15.5. The highest BCUT2D eigenvalue weighted by atomic mass is 32.2. The van der Waals surface area contributed by atoms with Crippen molar-refractivity contribution in [2.45, 2.75) is 42.4 Å². The topological polar surface area (TPSA) is 72.2 Å². The summed E-state index contributed by atoms with van der Waals surface area (Å²) >= 11 is 6.72. The summed E-state index contributed by atoms with van der Waals surface area (Å²) in [5.41, 5.74) is 6.13. The molecule has 2 rings (SSSR count). The van der Waals surface area contributed by atoms with E-state index in [4.69, 9.17) is 18.0 Å². The third-order valence-corrected chi connectivity index (χ3v) is 6.62. The molecule has 3 N–H and O–H groups in total. The molecule has 1 fully saturated rings. The summed E-state index contributed by atoms with van der Waals surface area (Å²) in [6.45, 7) is 2.10. The maximum atomic E-state index is 12.5. The fourth-order valence-electron chi connectivity index (χ4n) is 2.56. The van der Waals surface area contributed by atoms with Gasteiger partial charge in [0.25, 0.3) is 0 Å². The van der Waals surface area contributed by atoms with E-state index in [-0.39, 0.29) is 15.9 Å². The van der Waals surface area contributed by atoms with Crippen molar-refractivity contribution < 1.29 is 8.42 Å². The Kier molecular flexibility index (Phi) is 5.65. The first-order chi connectivity index (χ1) is 9.94. The highest BCUT2D eigenvalue weighted by Crippen LogP contribution is 2.30. The van der Waals surface area contributed by atoms with Gasteiger partial charge < -0.3 is 5.73 Å². The van der Waals surface area contributed by atoms with Crippen LogP contribution in [-0.4, -0.2) is 30.5 Å². The van der Waals surface area contributed by atoms with Crippen molar-refractivity contribution in [3.8, 4) is 0 Å². The molecule has 2 atom stereocenters. The molecule has 116 valence electrons. The SMILES string of the molecule is CCSC1CCCC1NS(=O)(=O)c1cccc(C(N)=S)c1. The minimum Gasteiger partial charge on any atom is -0.389 e. The summed E-state index contributed by atoms with van der Waals surface area (Å²) in [7, 11) is -3.53. The predicted molar refractivity (Wildman–Crippen MR) is 92.2 cm³/mol. The molecule has 1 aliphatic carbocycles. The van der Waals surface area contributed by atoms with E-state index < -0.39 is 10.0 Å². The van der Waals surface area contributed by atoms with Crippen molar-refractivity contribution in [2.24, 2.45) is 5.73 Å². The minimum atomic E-state index is -3.53. The summed E-state index contributed by atoms with van der Waals surface area (Å²) < 4.78 is 27.9. The lowest BCUT2D eigenvalue weighted by molar-refractivity contribution is 0.555. The molecule has 7 heteroatoms. The number of hydrogen-bond acceptors (Lipinski definition) is 4. The summed E-state index contributed by atoms with van der Waals surface area (Å²) in [6, 6.07) is 6.49. The van der Waals surface area contributed by atoms with E-state index >= 15 is 0 Å². The molecule has 0 bridgehead atoms. The maximum absolute atomic E-state index is 12.5. The molecule has 1 aromatic carbocycles. The van der Waals surface area contributed by atoms with E-state index in [9.17, 15) is 8.42 Å². The van der Waals surface area contributed by atoms with Crippen LogP contribution in [0.1, 0.15) is 31.7 Å². The smallest absolute Gasteiger partial charge is 0.240 e. The van der Waals surface area contributed by atoms with Crippen LogP contribution < -0.4 is 10.5 Å². The molecule has 1 aliphatic rings. The van der Waals surface area contributed by atoms with E-state index in [1.54, 1.807) is 18.2 Å². The number of thiocarbonyl (C=S) groups is 1. The van der Waals surface area contributed by atoms with E-state index in [1.807, 2.05) is 11.8 Å². The molecular formula is C14H20N2O2S3. The number of benzene rings is 1. The van der Waals surface area contributed by atoms with Gasteiger partial charge in [0.05, 0.1) is 4.90 Å². The predicted octanol–water partition coefficient (Wildman–Crippen LogP) is 2.27. The minimum absolute atomic E-state index is 0.00781. The van der Waals surface area contributed by atoms with Gasteiger partial charge in [0.2, 0.25) is 10.0 Å². The van der Waals surface area contributed by atoms with Gasteiger partial charge >= 0.3 is 0 Å². The molecule has 0 amide bonds. The van der Waals surface area contributed by atoms with Crippen molar-refractivity contribution >= 4 is 39.0 Å². The van der Waals surface area contributed by atoms with E-state index in [2.05, 4.69) is 11.6 Å². The molecule has 0 heterocycles. The quantitative estimate of drug-likeness (QED) is 0.775. The first-order valence-electron chi connectivity index (χ1n) is 6.98. The lowest BCUT2D eigenvalue weighted by Gasteiger charge is -2.20. The highest BCUT2D eigenvalue weighted by molar-refractivity contribution is 8.00. The Morgan fingerprint density at radius 3 is 2.90 bits per heavy atom. The molecule has 1 aromatic rings. The van der Waals surface area contributed by atoms with Crippen LogP contribution in [0.4, 0.5) is 0 Å². The molecule has 0 spiro atoms. The van der Waals surface area contributed by atoms with E-state index in [0.29, 0.717) is 10.8 Å². The lowest BCUT2D eigenvalue weighted by atomic mass is 10.2. The third kappa shape index (κ3) is 4.18. The number of nitrogens with two attached hydrogens (primary N) is 1. The number of rotatable bonds is 6. The Balaban J connectivity index is 2.18. The average molecular weight is 345 g/mol. The normalized spacial score (nSPS) is 22.3. The summed E-state index contributed by atoms with van der Waals surface area (Å²) in [4.78, 5) is 0.423. The Hall–Kier alpha value is -0.630. The van der Waals surface area contributed by atoms with Crippen molar-refractivity contribution in [1.82, 2.24) is 4.72 Å². The first-order valence-corrected chi connectivity index (χ1v) is 9.92. The van der Waals surface area contributed by atoms with Crippen molar-refractivity contribution in [3.63, 3.8) is 0 Å². The van der Waals surface area contributed by atoms with Crippen LogP contribution in [0.3, 0.4) is 0 Å². The van der Waals surface area contributed by atoms with Crippen LogP contribution in [-0.2, 0) is 10.0 Å². The van der Waals surface area contributed by atoms with Crippen molar-refractivity contribution in [1.29, 1.82) is 0 Å².